The van der Waals surface area contributed by atoms with Crippen molar-refractivity contribution in [1.82, 2.24) is 0 Å². The van der Waals surface area contributed by atoms with E-state index in [1.165, 1.54) is 0 Å². The third-order valence-corrected chi connectivity index (χ3v) is 2.42. The maximum absolute atomic E-state index is 11.6. The number of hydrogen-bond donors (Lipinski definition) is 1. The molecule has 1 aliphatic heterocycles. The van der Waals surface area contributed by atoms with E-state index in [2.05, 4.69) is 5.32 Å². The fourth-order valence-corrected chi connectivity index (χ4v) is 1.75. The van der Waals surface area contributed by atoms with E-state index in [1.807, 2.05) is 19.1 Å². The second kappa shape index (κ2) is 3.33. The lowest BCUT2D eigenvalue weighted by atomic mass is 9.99. The summed E-state index contributed by atoms with van der Waals surface area (Å²) in [6, 6.07) is 3.84. The van der Waals surface area contributed by atoms with Gasteiger partial charge in [-0.25, -0.2) is 0 Å². The fraction of sp³-hybridized carbons (Fsp3) is 0.364. The molecule has 3 heteroatoms. The summed E-state index contributed by atoms with van der Waals surface area (Å²) in [6.07, 6.45) is 0.569. The lowest BCUT2D eigenvalue weighted by Crippen LogP contribution is -2.18. The van der Waals surface area contributed by atoms with Crippen molar-refractivity contribution < 1.29 is 9.53 Å². The van der Waals surface area contributed by atoms with E-state index in [4.69, 9.17) is 4.74 Å². The van der Waals surface area contributed by atoms with Crippen molar-refractivity contribution in [3.63, 3.8) is 0 Å². The van der Waals surface area contributed by atoms with E-state index in [0.29, 0.717) is 13.0 Å². The summed E-state index contributed by atoms with van der Waals surface area (Å²) in [4.78, 5) is 11.6. The monoisotopic (exact) mass is 191 g/mol. The van der Waals surface area contributed by atoms with Crippen LogP contribution in [0.15, 0.2) is 12.1 Å². The highest BCUT2D eigenvalue weighted by molar-refractivity contribution is 6.04. The molecule has 3 nitrogen and oxygen atoms in total. The Morgan fingerprint density at radius 1 is 1.43 bits per heavy atom. The Hall–Kier alpha value is -1.51. The predicted molar refractivity (Wildman–Crippen MR) is 55.2 cm³/mol. The highest BCUT2D eigenvalue weighted by Crippen LogP contribution is 2.33. The SMILES string of the molecule is COc1cc(C)cc2c1NCCC2=O. The van der Waals surface area contributed by atoms with Gasteiger partial charge in [0.2, 0.25) is 0 Å². The van der Waals surface area contributed by atoms with Crippen LogP contribution in [0.4, 0.5) is 5.69 Å². The molecule has 1 aromatic carbocycles. The molecule has 0 spiro atoms. The summed E-state index contributed by atoms with van der Waals surface area (Å²) >= 11 is 0. The number of rotatable bonds is 1. The number of anilines is 1. The summed E-state index contributed by atoms with van der Waals surface area (Å²) in [5.74, 6) is 0.953. The topological polar surface area (TPSA) is 38.3 Å². The van der Waals surface area contributed by atoms with Crippen LogP contribution in [0.5, 0.6) is 5.75 Å². The molecule has 1 heterocycles. The maximum atomic E-state index is 11.6. The van der Waals surface area contributed by atoms with Gasteiger partial charge in [-0.2, -0.15) is 0 Å². The number of benzene rings is 1. The van der Waals surface area contributed by atoms with E-state index >= 15 is 0 Å². The number of nitrogens with one attached hydrogen (secondary N) is 1. The second-order valence-corrected chi connectivity index (χ2v) is 3.49. The third-order valence-electron chi connectivity index (χ3n) is 2.42. The Morgan fingerprint density at radius 2 is 2.21 bits per heavy atom. The highest BCUT2D eigenvalue weighted by Gasteiger charge is 2.20. The number of methoxy groups -OCH3 is 1. The van der Waals surface area contributed by atoms with Crippen molar-refractivity contribution in [2.24, 2.45) is 0 Å². The number of hydrogen-bond acceptors (Lipinski definition) is 3. The van der Waals surface area contributed by atoms with E-state index in [1.54, 1.807) is 7.11 Å². The predicted octanol–water partition coefficient (Wildman–Crippen LogP) is 2.00. The van der Waals surface area contributed by atoms with Crippen molar-refractivity contribution in [2.45, 2.75) is 13.3 Å². The largest absolute Gasteiger partial charge is 0.495 e. The normalized spacial score (nSPS) is 14.6. The Bertz CT molecular complexity index is 385. The molecular weight excluding hydrogens is 178 g/mol. The Labute approximate surface area is 83.1 Å². The summed E-state index contributed by atoms with van der Waals surface area (Å²) in [5.41, 5.74) is 2.65. The van der Waals surface area contributed by atoms with Gasteiger partial charge in [-0.05, 0) is 24.6 Å². The minimum atomic E-state index is 0.195. The molecular formula is C11H13NO2. The lowest BCUT2D eigenvalue weighted by molar-refractivity contribution is 0.0983. The number of ketones is 1. The van der Waals surface area contributed by atoms with Crippen LogP contribution in [0.2, 0.25) is 0 Å². The number of carbonyl (C=O) groups is 1. The van der Waals surface area contributed by atoms with Crippen molar-refractivity contribution in [3.8, 4) is 5.75 Å². The quantitative estimate of drug-likeness (QED) is 0.737. The van der Waals surface area contributed by atoms with Crippen LogP contribution in [0.1, 0.15) is 22.3 Å². The smallest absolute Gasteiger partial charge is 0.166 e. The van der Waals surface area contributed by atoms with Crippen LogP contribution in [-0.4, -0.2) is 19.4 Å². The third kappa shape index (κ3) is 1.35. The van der Waals surface area contributed by atoms with Crippen LogP contribution in [-0.2, 0) is 0 Å². The van der Waals surface area contributed by atoms with Crippen molar-refractivity contribution in [2.75, 3.05) is 19.0 Å². The van der Waals surface area contributed by atoms with Crippen LogP contribution in [0, 0.1) is 6.92 Å². The standard InChI is InChI=1S/C11H13NO2/c1-7-5-8-9(13)3-4-12-11(8)10(6-7)14-2/h5-6,12H,3-4H2,1-2H3. The number of ether oxygens (including phenoxy) is 1. The van der Waals surface area contributed by atoms with E-state index in [-0.39, 0.29) is 5.78 Å². The Morgan fingerprint density at radius 3 is 2.93 bits per heavy atom. The average Bonchev–Trinajstić information content (AvgIpc) is 2.18. The number of carbonyl (C=O) groups excluding carboxylic acids is 1. The van der Waals surface area contributed by atoms with Crippen molar-refractivity contribution in [3.05, 3.63) is 23.3 Å². The molecule has 0 fully saturated rings. The maximum Gasteiger partial charge on any atom is 0.166 e. The van der Waals surface area contributed by atoms with Crippen molar-refractivity contribution >= 4 is 11.5 Å². The molecule has 0 unspecified atom stereocenters. The first-order valence-corrected chi connectivity index (χ1v) is 4.68. The summed E-state index contributed by atoms with van der Waals surface area (Å²) in [7, 11) is 1.62. The number of Topliss-reactive ketones (excluding diaryl/α,β-unsaturated/α-hetero) is 1. The number of aryl methyl sites for hydroxylation is 1. The van der Waals surface area contributed by atoms with Gasteiger partial charge in [0.25, 0.3) is 0 Å². The zero-order chi connectivity index (χ0) is 10.1. The van der Waals surface area contributed by atoms with Gasteiger partial charge in [0.1, 0.15) is 5.75 Å². The Kier molecular flexibility index (Phi) is 2.15. The molecule has 1 aliphatic rings. The summed E-state index contributed by atoms with van der Waals surface area (Å²) in [5, 5.41) is 3.19. The molecule has 0 saturated heterocycles. The van der Waals surface area contributed by atoms with Gasteiger partial charge in [0, 0.05) is 18.5 Å². The molecule has 0 saturated carbocycles. The average molecular weight is 191 g/mol. The molecule has 0 atom stereocenters. The van der Waals surface area contributed by atoms with Crippen LogP contribution >= 0.6 is 0 Å². The first kappa shape index (κ1) is 9.06. The first-order valence-electron chi connectivity index (χ1n) is 4.68. The first-order chi connectivity index (χ1) is 6.72. The molecule has 2 rings (SSSR count). The summed E-state index contributed by atoms with van der Waals surface area (Å²) in [6.45, 7) is 2.66. The minimum absolute atomic E-state index is 0.195. The molecule has 0 radical (unpaired) electrons. The fourth-order valence-electron chi connectivity index (χ4n) is 1.75. The highest BCUT2D eigenvalue weighted by atomic mass is 16.5. The van der Waals surface area contributed by atoms with E-state index in [9.17, 15) is 4.79 Å². The van der Waals surface area contributed by atoms with Gasteiger partial charge >= 0.3 is 0 Å². The van der Waals surface area contributed by atoms with Crippen LogP contribution < -0.4 is 10.1 Å². The molecule has 0 aromatic heterocycles. The molecule has 0 bridgehead atoms. The molecule has 1 N–H and O–H groups in total. The Balaban J connectivity index is 2.60. The molecule has 74 valence electrons. The molecule has 14 heavy (non-hydrogen) atoms. The van der Waals surface area contributed by atoms with Gasteiger partial charge in [0.05, 0.1) is 12.8 Å². The lowest BCUT2D eigenvalue weighted by Gasteiger charge is -2.20. The van der Waals surface area contributed by atoms with Gasteiger partial charge in [-0.1, -0.05) is 0 Å². The van der Waals surface area contributed by atoms with E-state index < -0.39 is 0 Å². The van der Waals surface area contributed by atoms with Crippen LogP contribution in [0.25, 0.3) is 0 Å². The van der Waals surface area contributed by atoms with Gasteiger partial charge in [-0.15, -0.1) is 0 Å². The number of fused-ring (bicyclic) bond motifs is 1. The summed E-state index contributed by atoms with van der Waals surface area (Å²) < 4.78 is 5.23. The molecule has 0 amide bonds. The van der Waals surface area contributed by atoms with Crippen LogP contribution in [0.3, 0.4) is 0 Å². The molecule has 0 aliphatic carbocycles. The van der Waals surface area contributed by atoms with Crippen molar-refractivity contribution in [1.29, 1.82) is 0 Å². The van der Waals surface area contributed by atoms with Gasteiger partial charge in [0.15, 0.2) is 5.78 Å². The van der Waals surface area contributed by atoms with Gasteiger partial charge < -0.3 is 10.1 Å². The zero-order valence-corrected chi connectivity index (χ0v) is 8.39. The van der Waals surface area contributed by atoms with Gasteiger partial charge in [-0.3, -0.25) is 4.79 Å². The van der Waals surface area contributed by atoms with E-state index in [0.717, 1.165) is 22.6 Å². The molecule has 1 aromatic rings. The minimum Gasteiger partial charge on any atom is -0.495 e. The second-order valence-electron chi connectivity index (χ2n) is 3.49. The zero-order valence-electron chi connectivity index (χ0n) is 8.39.